The van der Waals surface area contributed by atoms with Gasteiger partial charge in [0.1, 0.15) is 0 Å². The zero-order chi connectivity index (χ0) is 15.6. The van der Waals surface area contributed by atoms with Crippen LogP contribution in [0.25, 0.3) is 0 Å². The third-order valence-electron chi connectivity index (χ3n) is 3.75. The molecule has 1 unspecified atom stereocenters. The highest BCUT2D eigenvalue weighted by atomic mass is 79.9. The fraction of sp³-hybridized carbons (Fsp3) is 0.375. The van der Waals surface area contributed by atoms with Crippen LogP contribution in [0.2, 0.25) is 0 Å². The first-order valence-electron chi connectivity index (χ1n) is 6.95. The zero-order valence-corrected chi connectivity index (χ0v) is 14.4. The Kier molecular flexibility index (Phi) is 4.83. The van der Waals surface area contributed by atoms with Gasteiger partial charge < -0.3 is 5.32 Å². The number of carbonyl (C=O) groups excluding carboxylic acids is 1. The molecule has 0 saturated carbocycles. The van der Waals surface area contributed by atoms with E-state index in [1.54, 1.807) is 0 Å². The van der Waals surface area contributed by atoms with Gasteiger partial charge in [-0.25, -0.2) is 0 Å². The monoisotopic (exact) mass is 349 g/mol. The van der Waals surface area contributed by atoms with Crippen LogP contribution in [0.5, 0.6) is 0 Å². The first kappa shape index (κ1) is 15.8. The van der Waals surface area contributed by atoms with Gasteiger partial charge in [0.25, 0.3) is 0 Å². The quantitative estimate of drug-likeness (QED) is 0.911. The summed E-state index contributed by atoms with van der Waals surface area (Å²) in [6.45, 7) is 8.59. The number of aromatic nitrogens is 2. The number of rotatable bonds is 4. The molecule has 4 nitrogen and oxygen atoms in total. The topological polar surface area (TPSA) is 46.9 Å². The molecule has 0 aliphatic rings. The standard InChI is InChI=1S/C16H20BrN3O/c1-10(9-20-13(4)11(2)12(3)19-20)16(21)18-15-7-5-14(17)6-8-15/h5-8,10H,9H2,1-4H3,(H,18,21). The molecule has 0 aliphatic heterocycles. The molecule has 5 heteroatoms. The number of halogens is 1. The Labute approximate surface area is 133 Å². The van der Waals surface area contributed by atoms with E-state index in [1.807, 2.05) is 49.7 Å². The number of nitrogens with zero attached hydrogens (tertiary/aromatic N) is 2. The molecule has 0 aliphatic carbocycles. The molecule has 2 aromatic rings. The largest absolute Gasteiger partial charge is 0.326 e. The lowest BCUT2D eigenvalue weighted by Crippen LogP contribution is -2.25. The first-order valence-corrected chi connectivity index (χ1v) is 7.75. The van der Waals surface area contributed by atoms with Crippen LogP contribution in [0.4, 0.5) is 5.69 Å². The number of hydrogen-bond acceptors (Lipinski definition) is 2. The van der Waals surface area contributed by atoms with Gasteiger partial charge in [0, 0.05) is 15.9 Å². The third kappa shape index (κ3) is 3.73. The van der Waals surface area contributed by atoms with Gasteiger partial charge in [-0.3, -0.25) is 9.48 Å². The van der Waals surface area contributed by atoms with Crippen molar-refractivity contribution in [2.24, 2.45) is 5.92 Å². The van der Waals surface area contributed by atoms with Crippen molar-refractivity contribution in [3.63, 3.8) is 0 Å². The van der Waals surface area contributed by atoms with Crippen LogP contribution in [0, 0.1) is 26.7 Å². The summed E-state index contributed by atoms with van der Waals surface area (Å²) < 4.78 is 2.91. The van der Waals surface area contributed by atoms with Gasteiger partial charge in [-0.1, -0.05) is 22.9 Å². The minimum Gasteiger partial charge on any atom is -0.326 e. The van der Waals surface area contributed by atoms with Gasteiger partial charge in [-0.05, 0) is 50.6 Å². The first-order chi connectivity index (χ1) is 9.88. The van der Waals surface area contributed by atoms with E-state index in [4.69, 9.17) is 0 Å². The van der Waals surface area contributed by atoms with E-state index in [1.165, 1.54) is 5.56 Å². The van der Waals surface area contributed by atoms with Gasteiger partial charge in [-0.15, -0.1) is 0 Å². The smallest absolute Gasteiger partial charge is 0.229 e. The SMILES string of the molecule is Cc1nn(CC(C)C(=O)Nc2ccc(Br)cc2)c(C)c1C. The molecule has 0 spiro atoms. The lowest BCUT2D eigenvalue weighted by Gasteiger charge is -2.13. The predicted molar refractivity (Wildman–Crippen MR) is 88.4 cm³/mol. The molecule has 1 heterocycles. The molecule has 1 aromatic heterocycles. The third-order valence-corrected chi connectivity index (χ3v) is 4.28. The fourth-order valence-electron chi connectivity index (χ4n) is 2.11. The highest BCUT2D eigenvalue weighted by molar-refractivity contribution is 9.10. The van der Waals surface area contributed by atoms with Crippen molar-refractivity contribution in [2.45, 2.75) is 34.2 Å². The molecule has 0 bridgehead atoms. The molecule has 0 fully saturated rings. The molecule has 1 amide bonds. The maximum atomic E-state index is 12.2. The Hall–Kier alpha value is -1.62. The summed E-state index contributed by atoms with van der Waals surface area (Å²) in [5.41, 5.74) is 4.14. The number of benzene rings is 1. The number of amides is 1. The van der Waals surface area contributed by atoms with Crippen molar-refractivity contribution in [1.29, 1.82) is 0 Å². The Bertz CT molecular complexity index is 646. The Morgan fingerprint density at radius 1 is 1.29 bits per heavy atom. The minimum absolute atomic E-state index is 0.00234. The molecule has 1 N–H and O–H groups in total. The van der Waals surface area contributed by atoms with Crippen molar-refractivity contribution in [3.05, 3.63) is 45.7 Å². The molecule has 112 valence electrons. The van der Waals surface area contributed by atoms with Crippen LogP contribution in [-0.4, -0.2) is 15.7 Å². The lowest BCUT2D eigenvalue weighted by atomic mass is 10.1. The lowest BCUT2D eigenvalue weighted by molar-refractivity contribution is -0.119. The van der Waals surface area contributed by atoms with Crippen molar-refractivity contribution in [1.82, 2.24) is 9.78 Å². The van der Waals surface area contributed by atoms with Crippen LogP contribution in [0.3, 0.4) is 0 Å². The van der Waals surface area contributed by atoms with Crippen molar-refractivity contribution < 1.29 is 4.79 Å². The van der Waals surface area contributed by atoms with Crippen LogP contribution < -0.4 is 5.32 Å². The van der Waals surface area contributed by atoms with E-state index in [-0.39, 0.29) is 11.8 Å². The summed E-state index contributed by atoms with van der Waals surface area (Å²) >= 11 is 3.38. The van der Waals surface area contributed by atoms with Gasteiger partial charge >= 0.3 is 0 Å². The molecular weight excluding hydrogens is 330 g/mol. The zero-order valence-electron chi connectivity index (χ0n) is 12.8. The molecule has 1 atom stereocenters. The molecule has 21 heavy (non-hydrogen) atoms. The Morgan fingerprint density at radius 3 is 2.43 bits per heavy atom. The van der Waals surface area contributed by atoms with Crippen LogP contribution in [-0.2, 0) is 11.3 Å². The van der Waals surface area contributed by atoms with Crippen LogP contribution >= 0.6 is 15.9 Å². The highest BCUT2D eigenvalue weighted by Crippen LogP contribution is 2.16. The second kappa shape index (κ2) is 6.43. The van der Waals surface area contributed by atoms with E-state index in [0.29, 0.717) is 6.54 Å². The average molecular weight is 350 g/mol. The van der Waals surface area contributed by atoms with Crippen molar-refractivity contribution in [3.8, 4) is 0 Å². The predicted octanol–water partition coefficient (Wildman–Crippen LogP) is 3.85. The highest BCUT2D eigenvalue weighted by Gasteiger charge is 2.16. The molecule has 1 aromatic carbocycles. The van der Waals surface area contributed by atoms with Gasteiger partial charge in [-0.2, -0.15) is 5.10 Å². The second-order valence-corrected chi connectivity index (χ2v) is 6.29. The molecule has 2 rings (SSSR count). The molecule has 0 radical (unpaired) electrons. The summed E-state index contributed by atoms with van der Waals surface area (Å²) in [7, 11) is 0. The van der Waals surface area contributed by atoms with Gasteiger partial charge in [0.05, 0.1) is 18.2 Å². The second-order valence-electron chi connectivity index (χ2n) is 5.38. The summed E-state index contributed by atoms with van der Waals surface area (Å²) in [6, 6.07) is 7.57. The summed E-state index contributed by atoms with van der Waals surface area (Å²) in [5, 5.41) is 7.41. The number of hydrogen-bond donors (Lipinski definition) is 1. The molecule has 0 saturated heterocycles. The van der Waals surface area contributed by atoms with Gasteiger partial charge in [0.15, 0.2) is 0 Å². The summed E-state index contributed by atoms with van der Waals surface area (Å²) in [4.78, 5) is 12.2. The number of nitrogens with one attached hydrogen (secondary N) is 1. The normalized spacial score (nSPS) is 12.2. The van der Waals surface area contributed by atoms with E-state index in [0.717, 1.165) is 21.5 Å². The summed E-state index contributed by atoms with van der Waals surface area (Å²) in [5.74, 6) is -0.145. The number of aryl methyl sites for hydroxylation is 1. The van der Waals surface area contributed by atoms with E-state index >= 15 is 0 Å². The van der Waals surface area contributed by atoms with E-state index < -0.39 is 0 Å². The number of carbonyl (C=O) groups is 1. The minimum atomic E-state index is -0.147. The number of anilines is 1. The van der Waals surface area contributed by atoms with E-state index in [9.17, 15) is 4.79 Å². The maximum absolute atomic E-state index is 12.2. The fourth-order valence-corrected chi connectivity index (χ4v) is 2.37. The Morgan fingerprint density at radius 2 is 1.90 bits per heavy atom. The van der Waals surface area contributed by atoms with Crippen LogP contribution in [0.1, 0.15) is 23.9 Å². The van der Waals surface area contributed by atoms with E-state index in [2.05, 4.69) is 33.3 Å². The van der Waals surface area contributed by atoms with Gasteiger partial charge in [0.2, 0.25) is 5.91 Å². The molecular formula is C16H20BrN3O. The van der Waals surface area contributed by atoms with Crippen molar-refractivity contribution in [2.75, 3.05) is 5.32 Å². The average Bonchev–Trinajstić information content (AvgIpc) is 2.69. The Balaban J connectivity index is 2.02. The summed E-state index contributed by atoms with van der Waals surface area (Å²) in [6.07, 6.45) is 0. The maximum Gasteiger partial charge on any atom is 0.229 e. The van der Waals surface area contributed by atoms with Crippen LogP contribution in [0.15, 0.2) is 28.7 Å². The van der Waals surface area contributed by atoms with Crippen molar-refractivity contribution >= 4 is 27.5 Å².